The zero-order valence-corrected chi connectivity index (χ0v) is 12.8. The molecule has 2 aromatic rings. The van der Waals surface area contributed by atoms with Gasteiger partial charge in [-0.3, -0.25) is 9.48 Å². The Labute approximate surface area is 125 Å². The van der Waals surface area contributed by atoms with E-state index in [4.69, 9.17) is 10.5 Å². The maximum Gasteiger partial charge on any atom is 0.255 e. The van der Waals surface area contributed by atoms with Crippen molar-refractivity contribution in [2.75, 3.05) is 12.8 Å². The average molecular weight is 339 g/mol. The van der Waals surface area contributed by atoms with Crippen LogP contribution in [0.5, 0.6) is 5.75 Å². The standard InChI is InChI=1S/C13H15BrN4O2/c1-18-12(15)8(7-17-18)6-16-13(19)10-4-3-9(14)5-11(10)20-2/h3-5,7H,6,15H2,1-2H3,(H,16,19). The van der Waals surface area contributed by atoms with Gasteiger partial charge in [-0.15, -0.1) is 0 Å². The summed E-state index contributed by atoms with van der Waals surface area (Å²) < 4.78 is 7.60. The number of carbonyl (C=O) groups is 1. The number of ether oxygens (including phenoxy) is 1. The third-order valence-corrected chi connectivity index (χ3v) is 3.41. The van der Waals surface area contributed by atoms with E-state index in [-0.39, 0.29) is 5.91 Å². The highest BCUT2D eigenvalue weighted by Crippen LogP contribution is 2.23. The summed E-state index contributed by atoms with van der Waals surface area (Å²) in [5, 5.41) is 6.82. The Morgan fingerprint density at radius 1 is 1.55 bits per heavy atom. The van der Waals surface area contributed by atoms with Crippen molar-refractivity contribution in [1.82, 2.24) is 15.1 Å². The van der Waals surface area contributed by atoms with Gasteiger partial charge in [0.15, 0.2) is 0 Å². The highest BCUT2D eigenvalue weighted by molar-refractivity contribution is 9.10. The van der Waals surface area contributed by atoms with E-state index in [0.717, 1.165) is 10.0 Å². The van der Waals surface area contributed by atoms with Crippen LogP contribution >= 0.6 is 15.9 Å². The number of nitrogens with two attached hydrogens (primary N) is 1. The predicted octanol–water partition coefficient (Wildman–Crippen LogP) is 1.70. The van der Waals surface area contributed by atoms with E-state index < -0.39 is 0 Å². The van der Waals surface area contributed by atoms with Gasteiger partial charge in [0.05, 0.1) is 18.9 Å². The Bertz CT molecular complexity index is 639. The van der Waals surface area contributed by atoms with Crippen LogP contribution in [0.1, 0.15) is 15.9 Å². The number of anilines is 1. The molecular weight excluding hydrogens is 324 g/mol. The van der Waals surface area contributed by atoms with Gasteiger partial charge in [0.25, 0.3) is 5.91 Å². The molecule has 106 valence electrons. The van der Waals surface area contributed by atoms with Gasteiger partial charge in [0.2, 0.25) is 0 Å². The largest absolute Gasteiger partial charge is 0.496 e. The first-order valence-electron chi connectivity index (χ1n) is 5.91. The number of aryl methyl sites for hydroxylation is 1. The molecule has 0 atom stereocenters. The molecule has 1 heterocycles. The molecule has 0 aliphatic heterocycles. The lowest BCUT2D eigenvalue weighted by Gasteiger charge is -2.09. The maximum absolute atomic E-state index is 12.2. The van der Waals surface area contributed by atoms with Crippen LogP contribution in [0.15, 0.2) is 28.9 Å². The fourth-order valence-electron chi connectivity index (χ4n) is 1.75. The normalized spacial score (nSPS) is 10.3. The molecule has 1 aromatic heterocycles. The number of hydrogen-bond donors (Lipinski definition) is 2. The summed E-state index contributed by atoms with van der Waals surface area (Å²) in [7, 11) is 3.27. The van der Waals surface area contributed by atoms with Crippen molar-refractivity contribution in [3.8, 4) is 5.75 Å². The van der Waals surface area contributed by atoms with Gasteiger partial charge in [-0.05, 0) is 18.2 Å². The molecule has 1 amide bonds. The topological polar surface area (TPSA) is 82.2 Å². The molecule has 6 nitrogen and oxygen atoms in total. The number of nitrogens with one attached hydrogen (secondary N) is 1. The van der Waals surface area contributed by atoms with Crippen molar-refractivity contribution in [3.05, 3.63) is 40.0 Å². The quantitative estimate of drug-likeness (QED) is 0.888. The second-order valence-electron chi connectivity index (χ2n) is 4.21. The minimum Gasteiger partial charge on any atom is -0.496 e. The third kappa shape index (κ3) is 2.93. The van der Waals surface area contributed by atoms with Crippen LogP contribution in [0.3, 0.4) is 0 Å². The van der Waals surface area contributed by atoms with Crippen molar-refractivity contribution >= 4 is 27.7 Å². The van der Waals surface area contributed by atoms with Gasteiger partial charge in [-0.1, -0.05) is 15.9 Å². The summed E-state index contributed by atoms with van der Waals surface area (Å²) in [5.74, 6) is 0.821. The van der Waals surface area contributed by atoms with E-state index in [9.17, 15) is 4.79 Å². The number of hydrogen-bond acceptors (Lipinski definition) is 4. The number of nitrogen functional groups attached to an aromatic ring is 1. The second kappa shape index (κ2) is 5.96. The van der Waals surface area contributed by atoms with Crippen LogP contribution in [-0.2, 0) is 13.6 Å². The third-order valence-electron chi connectivity index (χ3n) is 2.91. The van der Waals surface area contributed by atoms with Crippen molar-refractivity contribution in [3.63, 3.8) is 0 Å². The van der Waals surface area contributed by atoms with Gasteiger partial charge in [0.1, 0.15) is 11.6 Å². The van der Waals surface area contributed by atoms with Crippen LogP contribution in [0, 0.1) is 0 Å². The summed E-state index contributed by atoms with van der Waals surface area (Å²) in [6, 6.07) is 5.23. The lowest BCUT2D eigenvalue weighted by atomic mass is 10.2. The Morgan fingerprint density at radius 2 is 2.30 bits per heavy atom. The molecule has 0 saturated heterocycles. The molecule has 2 rings (SSSR count). The molecule has 0 radical (unpaired) electrons. The van der Waals surface area contributed by atoms with E-state index in [1.807, 2.05) is 0 Å². The van der Waals surface area contributed by atoms with Crippen molar-refractivity contribution in [2.24, 2.45) is 7.05 Å². The smallest absolute Gasteiger partial charge is 0.255 e. The van der Waals surface area contributed by atoms with Crippen LogP contribution in [0.25, 0.3) is 0 Å². The number of halogens is 1. The molecule has 0 fully saturated rings. The van der Waals surface area contributed by atoms with Gasteiger partial charge in [0, 0.05) is 23.6 Å². The molecule has 7 heteroatoms. The molecule has 3 N–H and O–H groups in total. The summed E-state index contributed by atoms with van der Waals surface area (Å²) >= 11 is 3.33. The summed E-state index contributed by atoms with van der Waals surface area (Å²) in [6.07, 6.45) is 1.63. The molecule has 20 heavy (non-hydrogen) atoms. The number of carbonyl (C=O) groups excluding carboxylic acids is 1. The maximum atomic E-state index is 12.2. The Hall–Kier alpha value is -2.02. The van der Waals surface area contributed by atoms with Crippen molar-refractivity contribution in [1.29, 1.82) is 0 Å². The molecule has 0 bridgehead atoms. The van der Waals surface area contributed by atoms with Crippen LogP contribution in [0.2, 0.25) is 0 Å². The van der Waals surface area contributed by atoms with E-state index in [0.29, 0.717) is 23.7 Å². The minimum absolute atomic E-state index is 0.224. The second-order valence-corrected chi connectivity index (χ2v) is 5.12. The van der Waals surface area contributed by atoms with E-state index >= 15 is 0 Å². The van der Waals surface area contributed by atoms with Gasteiger partial charge in [-0.2, -0.15) is 5.10 Å². The molecule has 1 aromatic carbocycles. The molecule has 0 unspecified atom stereocenters. The first-order chi connectivity index (χ1) is 9.52. The van der Waals surface area contributed by atoms with Crippen molar-refractivity contribution < 1.29 is 9.53 Å². The summed E-state index contributed by atoms with van der Waals surface area (Å²) in [4.78, 5) is 12.2. The number of amides is 1. The first-order valence-corrected chi connectivity index (χ1v) is 6.70. The van der Waals surface area contributed by atoms with Crippen LogP contribution in [-0.4, -0.2) is 22.8 Å². The lowest BCUT2D eigenvalue weighted by Crippen LogP contribution is -2.23. The fraction of sp³-hybridized carbons (Fsp3) is 0.231. The molecular formula is C13H15BrN4O2. The Balaban J connectivity index is 2.11. The molecule has 0 aliphatic carbocycles. The zero-order valence-electron chi connectivity index (χ0n) is 11.2. The zero-order chi connectivity index (χ0) is 14.7. The van der Waals surface area contributed by atoms with Crippen LogP contribution in [0.4, 0.5) is 5.82 Å². The van der Waals surface area contributed by atoms with Gasteiger partial charge >= 0.3 is 0 Å². The first kappa shape index (κ1) is 14.4. The SMILES string of the molecule is COc1cc(Br)ccc1C(=O)NCc1cnn(C)c1N. The minimum atomic E-state index is -0.224. The van der Waals surface area contributed by atoms with E-state index in [1.54, 1.807) is 36.1 Å². The van der Waals surface area contributed by atoms with E-state index in [2.05, 4.69) is 26.3 Å². The Kier molecular flexibility index (Phi) is 4.29. The number of aromatic nitrogens is 2. The number of benzene rings is 1. The summed E-state index contributed by atoms with van der Waals surface area (Å²) in [6.45, 7) is 0.317. The lowest BCUT2D eigenvalue weighted by molar-refractivity contribution is 0.0948. The molecule has 0 aliphatic rings. The van der Waals surface area contributed by atoms with Gasteiger partial charge in [-0.25, -0.2) is 0 Å². The monoisotopic (exact) mass is 338 g/mol. The molecule has 0 saturated carbocycles. The number of nitrogens with zero attached hydrogens (tertiary/aromatic N) is 2. The summed E-state index contributed by atoms with van der Waals surface area (Å²) in [5.41, 5.74) is 7.07. The Morgan fingerprint density at radius 3 is 2.90 bits per heavy atom. The van der Waals surface area contributed by atoms with Crippen molar-refractivity contribution in [2.45, 2.75) is 6.54 Å². The fourth-order valence-corrected chi connectivity index (χ4v) is 2.09. The highest BCUT2D eigenvalue weighted by atomic mass is 79.9. The van der Waals surface area contributed by atoms with E-state index in [1.165, 1.54) is 7.11 Å². The highest BCUT2D eigenvalue weighted by Gasteiger charge is 2.13. The average Bonchev–Trinajstić information content (AvgIpc) is 2.76. The number of rotatable bonds is 4. The van der Waals surface area contributed by atoms with Gasteiger partial charge < -0.3 is 15.8 Å². The molecule has 0 spiro atoms. The number of methoxy groups -OCH3 is 1. The van der Waals surface area contributed by atoms with Crippen LogP contribution < -0.4 is 15.8 Å². The predicted molar refractivity (Wildman–Crippen MR) is 79.5 cm³/mol.